The molecule has 2 aromatic carbocycles. The number of ether oxygens (including phenoxy) is 1. The summed E-state index contributed by atoms with van der Waals surface area (Å²) in [7, 11) is -1.92. The molecule has 3 aromatic rings. The van der Waals surface area contributed by atoms with Gasteiger partial charge < -0.3 is 13.7 Å². The number of aromatic nitrogens is 1. The SMILES string of the molecule is CCOC(=O)c1cn(CC)c2cc(-c3cccc(CO[Si](C)(C)C(C)(C)C)c3)c(F)cc2c1=O. The lowest BCUT2D eigenvalue weighted by Crippen LogP contribution is -2.40. The quantitative estimate of drug-likeness (QED) is 0.283. The minimum atomic E-state index is -1.92. The van der Waals surface area contributed by atoms with E-state index in [1.54, 1.807) is 17.6 Å². The van der Waals surface area contributed by atoms with Crippen LogP contribution in [0.15, 0.2) is 47.4 Å². The second-order valence-electron chi connectivity index (χ2n) is 9.98. The van der Waals surface area contributed by atoms with Crippen LogP contribution in [0.3, 0.4) is 0 Å². The van der Waals surface area contributed by atoms with Crippen molar-refractivity contribution < 1.29 is 18.3 Å². The summed E-state index contributed by atoms with van der Waals surface area (Å²) in [5.74, 6) is -1.22. The van der Waals surface area contributed by atoms with Crippen LogP contribution in [0.5, 0.6) is 0 Å². The van der Waals surface area contributed by atoms with Crippen LogP contribution in [0.25, 0.3) is 22.0 Å². The fourth-order valence-electron chi connectivity index (χ4n) is 3.56. The zero-order chi connectivity index (χ0) is 25.3. The zero-order valence-electron chi connectivity index (χ0n) is 21.1. The lowest BCUT2D eigenvalue weighted by molar-refractivity contribution is 0.0524. The summed E-state index contributed by atoms with van der Waals surface area (Å²) in [5.41, 5.74) is 2.02. The predicted molar refractivity (Wildman–Crippen MR) is 137 cm³/mol. The number of fused-ring (bicyclic) bond motifs is 1. The maximum Gasteiger partial charge on any atom is 0.343 e. The highest BCUT2D eigenvalue weighted by atomic mass is 28.4. The van der Waals surface area contributed by atoms with Crippen molar-refractivity contribution >= 4 is 25.2 Å². The highest BCUT2D eigenvalue weighted by molar-refractivity contribution is 6.74. The second kappa shape index (κ2) is 9.84. The maximum absolute atomic E-state index is 15.3. The number of pyridine rings is 1. The highest BCUT2D eigenvalue weighted by Gasteiger charge is 2.37. The third-order valence-corrected chi connectivity index (χ3v) is 11.1. The first-order valence-electron chi connectivity index (χ1n) is 11.7. The Morgan fingerprint density at radius 2 is 1.82 bits per heavy atom. The number of nitrogens with zero attached hydrogens (tertiary/aromatic N) is 1. The van der Waals surface area contributed by atoms with Gasteiger partial charge in [-0.3, -0.25) is 4.79 Å². The van der Waals surface area contributed by atoms with Crippen LogP contribution in [0.1, 0.15) is 50.5 Å². The van der Waals surface area contributed by atoms with Gasteiger partial charge in [0.1, 0.15) is 11.4 Å². The maximum atomic E-state index is 15.3. The van der Waals surface area contributed by atoms with Gasteiger partial charge in [0, 0.05) is 23.7 Å². The Kier molecular flexibility index (Phi) is 7.48. The summed E-state index contributed by atoms with van der Waals surface area (Å²) in [6.07, 6.45) is 1.49. The number of carbonyl (C=O) groups excluding carboxylic acids is 1. The van der Waals surface area contributed by atoms with Crippen LogP contribution in [-0.2, 0) is 22.3 Å². The molecule has 34 heavy (non-hydrogen) atoms. The summed E-state index contributed by atoms with van der Waals surface area (Å²) in [6.45, 7) is 15.7. The Morgan fingerprint density at radius 3 is 2.44 bits per heavy atom. The lowest BCUT2D eigenvalue weighted by atomic mass is 10.00. The number of esters is 1. The predicted octanol–water partition coefficient (Wildman–Crippen LogP) is 6.53. The molecule has 3 rings (SSSR count). The molecule has 1 aromatic heterocycles. The van der Waals surface area contributed by atoms with Gasteiger partial charge in [0.05, 0.1) is 18.7 Å². The van der Waals surface area contributed by atoms with E-state index in [0.29, 0.717) is 29.8 Å². The number of rotatable bonds is 7. The topological polar surface area (TPSA) is 57.5 Å². The number of halogens is 1. The van der Waals surface area contributed by atoms with E-state index in [0.717, 1.165) is 5.56 Å². The number of aryl methyl sites for hydroxylation is 1. The average Bonchev–Trinajstić information content (AvgIpc) is 2.77. The summed E-state index contributed by atoms with van der Waals surface area (Å²) < 4.78 is 28.4. The molecule has 182 valence electrons. The third kappa shape index (κ3) is 5.15. The largest absolute Gasteiger partial charge is 0.462 e. The van der Waals surface area contributed by atoms with Crippen molar-refractivity contribution in [2.45, 2.75) is 65.9 Å². The minimum Gasteiger partial charge on any atom is -0.462 e. The minimum absolute atomic E-state index is 0.0897. The van der Waals surface area contributed by atoms with Gasteiger partial charge in [-0.1, -0.05) is 39.0 Å². The summed E-state index contributed by atoms with van der Waals surface area (Å²) in [5, 5.41) is 0.257. The molecule has 0 bridgehead atoms. The molecule has 0 atom stereocenters. The summed E-state index contributed by atoms with van der Waals surface area (Å²) in [6, 6.07) is 10.5. The van der Waals surface area contributed by atoms with E-state index in [4.69, 9.17) is 9.16 Å². The average molecular weight is 484 g/mol. The van der Waals surface area contributed by atoms with Gasteiger partial charge in [-0.2, -0.15) is 0 Å². The highest BCUT2D eigenvalue weighted by Crippen LogP contribution is 2.37. The Bertz CT molecular complexity index is 1270. The van der Waals surface area contributed by atoms with Gasteiger partial charge in [-0.15, -0.1) is 0 Å². The van der Waals surface area contributed by atoms with E-state index in [1.165, 1.54) is 12.3 Å². The molecule has 0 aliphatic heterocycles. The fraction of sp³-hybridized carbons (Fsp3) is 0.407. The van der Waals surface area contributed by atoms with E-state index in [2.05, 4.69) is 33.9 Å². The van der Waals surface area contributed by atoms with Gasteiger partial charge in [-0.05, 0) is 61.3 Å². The Labute approximate surface area is 201 Å². The molecule has 0 spiro atoms. The van der Waals surface area contributed by atoms with Crippen molar-refractivity contribution in [1.82, 2.24) is 4.57 Å². The van der Waals surface area contributed by atoms with Gasteiger partial charge in [0.25, 0.3) is 0 Å². The molecule has 0 amide bonds. The first-order valence-corrected chi connectivity index (χ1v) is 14.6. The van der Waals surface area contributed by atoms with Crippen molar-refractivity contribution in [1.29, 1.82) is 0 Å². The van der Waals surface area contributed by atoms with Crippen molar-refractivity contribution in [2.75, 3.05) is 6.61 Å². The molecule has 0 saturated heterocycles. The molecule has 7 heteroatoms. The van der Waals surface area contributed by atoms with E-state index in [9.17, 15) is 9.59 Å². The Morgan fingerprint density at radius 1 is 1.12 bits per heavy atom. The van der Waals surface area contributed by atoms with Crippen molar-refractivity contribution in [3.63, 3.8) is 0 Å². The van der Waals surface area contributed by atoms with Crippen LogP contribution in [0.2, 0.25) is 18.1 Å². The van der Waals surface area contributed by atoms with Crippen molar-refractivity contribution in [2.24, 2.45) is 0 Å². The normalized spacial score (nSPS) is 12.2. The number of hydrogen-bond acceptors (Lipinski definition) is 4. The monoisotopic (exact) mass is 483 g/mol. The molecule has 0 aliphatic rings. The first kappa shape index (κ1) is 25.8. The van der Waals surface area contributed by atoms with Crippen molar-refractivity contribution in [3.05, 3.63) is 69.8 Å². The molecular weight excluding hydrogens is 449 g/mol. The Hall–Kier alpha value is -2.77. The first-order chi connectivity index (χ1) is 15.9. The molecule has 0 N–H and O–H groups in total. The summed E-state index contributed by atoms with van der Waals surface area (Å²) >= 11 is 0. The van der Waals surface area contributed by atoms with Gasteiger partial charge in [-0.25, -0.2) is 9.18 Å². The van der Waals surface area contributed by atoms with E-state index >= 15 is 4.39 Å². The van der Waals surface area contributed by atoms with Gasteiger partial charge in [0.15, 0.2) is 8.32 Å². The molecule has 0 unspecified atom stereocenters. The van der Waals surface area contributed by atoms with Crippen LogP contribution in [0, 0.1) is 5.82 Å². The molecule has 0 radical (unpaired) electrons. The number of benzene rings is 2. The molecular formula is C27H34FNO4Si. The third-order valence-electron chi connectivity index (χ3n) is 6.65. The smallest absolute Gasteiger partial charge is 0.343 e. The Balaban J connectivity index is 2.05. The zero-order valence-corrected chi connectivity index (χ0v) is 22.1. The van der Waals surface area contributed by atoms with Crippen LogP contribution in [0.4, 0.5) is 4.39 Å². The van der Waals surface area contributed by atoms with Crippen LogP contribution in [-0.4, -0.2) is 25.5 Å². The lowest BCUT2D eigenvalue weighted by Gasteiger charge is -2.36. The molecule has 0 aliphatic carbocycles. The van der Waals surface area contributed by atoms with E-state index < -0.39 is 25.5 Å². The van der Waals surface area contributed by atoms with Crippen LogP contribution < -0.4 is 5.43 Å². The van der Waals surface area contributed by atoms with Gasteiger partial charge >= 0.3 is 5.97 Å². The molecule has 1 heterocycles. The molecule has 0 fully saturated rings. The fourth-order valence-corrected chi connectivity index (χ4v) is 4.52. The van der Waals surface area contributed by atoms with E-state index in [-0.39, 0.29) is 22.6 Å². The van der Waals surface area contributed by atoms with Crippen LogP contribution >= 0.6 is 0 Å². The summed E-state index contributed by atoms with van der Waals surface area (Å²) in [4.78, 5) is 25.2. The molecule has 0 saturated carbocycles. The van der Waals surface area contributed by atoms with Crippen molar-refractivity contribution in [3.8, 4) is 11.1 Å². The standard InChI is InChI=1S/C27H34FNO4Si/c1-8-29-16-22(26(31)32-9-2)25(30)21-14-23(28)20(15-24(21)29)19-12-10-11-18(13-19)17-33-34(6,7)27(3,4)5/h10-16H,8-9,17H2,1-7H3. The number of hydrogen-bond donors (Lipinski definition) is 0. The second-order valence-corrected chi connectivity index (χ2v) is 14.8. The van der Waals surface area contributed by atoms with E-state index in [1.807, 2.05) is 31.2 Å². The van der Waals surface area contributed by atoms with Gasteiger partial charge in [0.2, 0.25) is 5.43 Å². The molecule has 5 nitrogen and oxygen atoms in total. The number of carbonyl (C=O) groups is 1.